The van der Waals surface area contributed by atoms with Crippen LogP contribution in [0.25, 0.3) is 0 Å². The van der Waals surface area contributed by atoms with Gasteiger partial charge in [0.2, 0.25) is 0 Å². The minimum atomic E-state index is 0.627. The number of hydrogen-bond donors (Lipinski definition) is 2. The lowest BCUT2D eigenvalue weighted by molar-refractivity contribution is 0.348. The Hall–Kier alpha value is -0.860. The molecule has 0 aromatic heterocycles. The van der Waals surface area contributed by atoms with Crippen LogP contribution in [0.5, 0.6) is 0 Å². The highest BCUT2D eigenvalue weighted by Gasteiger charge is 2.11. The van der Waals surface area contributed by atoms with E-state index in [1.165, 1.54) is 43.5 Å². The van der Waals surface area contributed by atoms with E-state index in [0.717, 1.165) is 19.0 Å². The first kappa shape index (κ1) is 14.5. The molecule has 1 saturated heterocycles. The van der Waals surface area contributed by atoms with Crippen LogP contribution in [-0.2, 0) is 6.54 Å². The zero-order chi connectivity index (χ0) is 13.5. The molecule has 0 atom stereocenters. The van der Waals surface area contributed by atoms with Gasteiger partial charge in [-0.15, -0.1) is 0 Å². The molecule has 1 heterocycles. The quantitative estimate of drug-likeness (QED) is 0.767. The molecule has 1 aliphatic heterocycles. The van der Waals surface area contributed by atoms with Gasteiger partial charge in [0, 0.05) is 6.54 Å². The van der Waals surface area contributed by atoms with E-state index in [9.17, 15) is 0 Å². The lowest BCUT2D eigenvalue weighted by Crippen LogP contribution is -2.29. The minimum absolute atomic E-state index is 0.627. The summed E-state index contributed by atoms with van der Waals surface area (Å²) in [7, 11) is 0. The fourth-order valence-corrected chi connectivity index (χ4v) is 2.73. The Labute approximate surface area is 118 Å². The van der Waals surface area contributed by atoms with Gasteiger partial charge in [0.05, 0.1) is 0 Å². The van der Waals surface area contributed by atoms with Gasteiger partial charge in [-0.05, 0) is 61.9 Å². The van der Waals surface area contributed by atoms with Gasteiger partial charge in [0.15, 0.2) is 0 Å². The molecule has 0 bridgehead atoms. The lowest BCUT2D eigenvalue weighted by Gasteiger charge is -2.22. The second kappa shape index (κ2) is 7.66. The van der Waals surface area contributed by atoms with Crippen LogP contribution in [0.2, 0.25) is 0 Å². The Balaban J connectivity index is 1.64. The summed E-state index contributed by atoms with van der Waals surface area (Å²) in [5, 5.41) is 7.00. The van der Waals surface area contributed by atoms with E-state index in [2.05, 4.69) is 48.7 Å². The fraction of sp³-hybridized carbons (Fsp3) is 0.647. The Morgan fingerprint density at radius 1 is 1.16 bits per heavy atom. The second-order valence-electron chi connectivity index (χ2n) is 6.06. The summed E-state index contributed by atoms with van der Waals surface area (Å²) in [6, 6.07) is 9.03. The van der Waals surface area contributed by atoms with Gasteiger partial charge in [0.1, 0.15) is 0 Å². The van der Waals surface area contributed by atoms with E-state index in [0.29, 0.717) is 5.92 Å². The Kier molecular flexibility index (Phi) is 5.87. The van der Waals surface area contributed by atoms with Gasteiger partial charge in [-0.1, -0.05) is 38.1 Å². The van der Waals surface area contributed by atoms with E-state index in [1.807, 2.05) is 0 Å². The van der Waals surface area contributed by atoms with Crippen molar-refractivity contribution in [2.75, 3.05) is 19.6 Å². The highest BCUT2D eigenvalue weighted by molar-refractivity contribution is 5.24. The highest BCUT2D eigenvalue weighted by atomic mass is 14.9. The summed E-state index contributed by atoms with van der Waals surface area (Å²) in [4.78, 5) is 0. The third-order valence-electron chi connectivity index (χ3n) is 4.16. The molecule has 0 saturated carbocycles. The number of hydrogen-bond acceptors (Lipinski definition) is 2. The van der Waals surface area contributed by atoms with Crippen molar-refractivity contribution < 1.29 is 0 Å². The van der Waals surface area contributed by atoms with Gasteiger partial charge in [0.25, 0.3) is 0 Å². The predicted octanol–water partition coefficient (Wildman–Crippen LogP) is 3.29. The standard InChI is InChI=1S/C17H28N2/c1-14(2)17-5-3-16(4-6-17)13-19-12-9-15-7-10-18-11-8-15/h3-6,14-15,18-19H,7-13H2,1-2H3. The molecule has 1 aromatic rings. The van der Waals surface area contributed by atoms with Gasteiger partial charge >= 0.3 is 0 Å². The summed E-state index contributed by atoms with van der Waals surface area (Å²) < 4.78 is 0. The van der Waals surface area contributed by atoms with Crippen molar-refractivity contribution in [1.29, 1.82) is 0 Å². The minimum Gasteiger partial charge on any atom is -0.317 e. The smallest absolute Gasteiger partial charge is 0.0205 e. The maximum atomic E-state index is 3.58. The first-order valence-corrected chi connectivity index (χ1v) is 7.76. The van der Waals surface area contributed by atoms with Gasteiger partial charge in [-0.3, -0.25) is 0 Å². The monoisotopic (exact) mass is 260 g/mol. The summed E-state index contributed by atoms with van der Waals surface area (Å²) in [5.41, 5.74) is 2.83. The topological polar surface area (TPSA) is 24.1 Å². The maximum Gasteiger partial charge on any atom is 0.0205 e. The van der Waals surface area contributed by atoms with Crippen LogP contribution in [0.4, 0.5) is 0 Å². The Morgan fingerprint density at radius 3 is 2.47 bits per heavy atom. The Morgan fingerprint density at radius 2 is 1.84 bits per heavy atom. The van der Waals surface area contributed by atoms with E-state index in [4.69, 9.17) is 0 Å². The van der Waals surface area contributed by atoms with Crippen LogP contribution in [0, 0.1) is 5.92 Å². The van der Waals surface area contributed by atoms with Gasteiger partial charge < -0.3 is 10.6 Å². The molecular weight excluding hydrogens is 232 g/mol. The second-order valence-corrected chi connectivity index (χ2v) is 6.06. The van der Waals surface area contributed by atoms with Crippen LogP contribution in [-0.4, -0.2) is 19.6 Å². The third kappa shape index (κ3) is 4.96. The molecule has 0 radical (unpaired) electrons. The molecule has 1 fully saturated rings. The lowest BCUT2D eigenvalue weighted by atomic mass is 9.95. The number of piperidine rings is 1. The zero-order valence-corrected chi connectivity index (χ0v) is 12.4. The highest BCUT2D eigenvalue weighted by Crippen LogP contribution is 2.16. The summed E-state index contributed by atoms with van der Waals surface area (Å²) in [6.07, 6.45) is 4.03. The molecule has 106 valence electrons. The van der Waals surface area contributed by atoms with E-state index in [-0.39, 0.29) is 0 Å². The van der Waals surface area contributed by atoms with Crippen molar-refractivity contribution in [3.8, 4) is 0 Å². The molecule has 19 heavy (non-hydrogen) atoms. The van der Waals surface area contributed by atoms with E-state index in [1.54, 1.807) is 0 Å². The Bertz CT molecular complexity index is 350. The predicted molar refractivity (Wildman–Crippen MR) is 82.4 cm³/mol. The number of rotatable bonds is 6. The summed E-state index contributed by atoms with van der Waals surface area (Å²) in [5.74, 6) is 1.55. The number of benzene rings is 1. The molecule has 2 heteroatoms. The van der Waals surface area contributed by atoms with Gasteiger partial charge in [-0.2, -0.15) is 0 Å². The molecular formula is C17H28N2. The summed E-state index contributed by atoms with van der Waals surface area (Å²) in [6.45, 7) is 9.06. The molecule has 0 amide bonds. The number of nitrogens with one attached hydrogen (secondary N) is 2. The molecule has 0 unspecified atom stereocenters. The molecule has 1 aromatic carbocycles. The largest absolute Gasteiger partial charge is 0.317 e. The van der Waals surface area contributed by atoms with Crippen LogP contribution in [0.15, 0.2) is 24.3 Å². The molecule has 1 aliphatic rings. The van der Waals surface area contributed by atoms with Crippen LogP contribution in [0.3, 0.4) is 0 Å². The SMILES string of the molecule is CC(C)c1ccc(CNCCC2CCNCC2)cc1. The van der Waals surface area contributed by atoms with Crippen molar-refractivity contribution in [2.45, 2.75) is 45.6 Å². The normalized spacial score (nSPS) is 17.0. The first-order valence-electron chi connectivity index (χ1n) is 7.76. The molecule has 2 nitrogen and oxygen atoms in total. The van der Waals surface area contributed by atoms with Gasteiger partial charge in [-0.25, -0.2) is 0 Å². The van der Waals surface area contributed by atoms with Crippen LogP contribution < -0.4 is 10.6 Å². The van der Waals surface area contributed by atoms with Crippen LogP contribution in [0.1, 0.15) is 50.2 Å². The first-order chi connectivity index (χ1) is 9.25. The van der Waals surface area contributed by atoms with Crippen molar-refractivity contribution in [2.24, 2.45) is 5.92 Å². The maximum absolute atomic E-state index is 3.58. The van der Waals surface area contributed by atoms with Crippen molar-refractivity contribution in [1.82, 2.24) is 10.6 Å². The van der Waals surface area contributed by atoms with Crippen LogP contribution >= 0.6 is 0 Å². The molecule has 0 aliphatic carbocycles. The van der Waals surface area contributed by atoms with Crippen molar-refractivity contribution in [3.05, 3.63) is 35.4 Å². The zero-order valence-electron chi connectivity index (χ0n) is 12.4. The molecule has 2 rings (SSSR count). The fourth-order valence-electron chi connectivity index (χ4n) is 2.73. The average Bonchev–Trinajstić information content (AvgIpc) is 2.45. The van der Waals surface area contributed by atoms with Crippen molar-refractivity contribution in [3.63, 3.8) is 0 Å². The molecule has 0 spiro atoms. The third-order valence-corrected chi connectivity index (χ3v) is 4.16. The van der Waals surface area contributed by atoms with Crippen molar-refractivity contribution >= 4 is 0 Å². The van der Waals surface area contributed by atoms with E-state index >= 15 is 0 Å². The van der Waals surface area contributed by atoms with E-state index < -0.39 is 0 Å². The summed E-state index contributed by atoms with van der Waals surface area (Å²) >= 11 is 0. The molecule has 2 N–H and O–H groups in total. The average molecular weight is 260 g/mol.